The maximum absolute atomic E-state index is 17.1. The van der Waals surface area contributed by atoms with Crippen LogP contribution in [0.2, 0.25) is 0 Å². The molecule has 0 unspecified atom stereocenters. The summed E-state index contributed by atoms with van der Waals surface area (Å²) in [5.74, 6) is -0.349. The Hall–Kier alpha value is -5.17. The average molecular weight is 632 g/mol. The lowest BCUT2D eigenvalue weighted by molar-refractivity contribution is 0.00578. The fourth-order valence-corrected chi connectivity index (χ4v) is 6.52. The number of nitrogens with zero attached hydrogens (tertiary/aromatic N) is 1. The molecule has 0 spiro atoms. The molecule has 0 atom stereocenters. The number of hydrogen-bond acceptors (Lipinski definition) is 4. The van der Waals surface area contributed by atoms with Crippen LogP contribution in [-0.2, 0) is 9.31 Å². The molecular weight excluding hydrogens is 596 g/mol. The summed E-state index contributed by atoms with van der Waals surface area (Å²) in [5, 5.41) is 1.97. The van der Waals surface area contributed by atoms with Crippen LogP contribution in [0.25, 0.3) is 44.2 Å². The highest BCUT2D eigenvalue weighted by Crippen LogP contribution is 2.47. The molecule has 2 heterocycles. The van der Waals surface area contributed by atoms with Crippen molar-refractivity contribution in [2.75, 3.05) is 4.90 Å². The van der Waals surface area contributed by atoms with Gasteiger partial charge >= 0.3 is 7.12 Å². The molecule has 8 rings (SSSR count). The third-order valence-corrected chi connectivity index (χ3v) is 9.78. The van der Waals surface area contributed by atoms with Gasteiger partial charge in [0.15, 0.2) is 5.58 Å². The summed E-state index contributed by atoms with van der Waals surface area (Å²) in [5.41, 5.74) is 6.76. The first kappa shape index (κ1) is 30.2. The van der Waals surface area contributed by atoms with Crippen LogP contribution in [0.1, 0.15) is 27.7 Å². The molecule has 236 valence electrons. The Balaban J connectivity index is 1.36. The Morgan fingerprint density at radius 3 is 1.88 bits per heavy atom. The van der Waals surface area contributed by atoms with Gasteiger partial charge in [0, 0.05) is 22.0 Å². The van der Waals surface area contributed by atoms with E-state index in [1.54, 1.807) is 6.07 Å². The van der Waals surface area contributed by atoms with Crippen molar-refractivity contribution in [3.63, 3.8) is 0 Å². The number of hydrogen-bond donors (Lipinski definition) is 0. The molecule has 0 saturated carbocycles. The van der Waals surface area contributed by atoms with Crippen molar-refractivity contribution < 1.29 is 18.1 Å². The van der Waals surface area contributed by atoms with Crippen LogP contribution in [0.15, 0.2) is 144 Å². The van der Waals surface area contributed by atoms with Crippen molar-refractivity contribution in [1.82, 2.24) is 0 Å². The van der Waals surface area contributed by atoms with Gasteiger partial charge in [0.2, 0.25) is 0 Å². The lowest BCUT2D eigenvalue weighted by atomic mass is 9.79. The van der Waals surface area contributed by atoms with Crippen molar-refractivity contribution in [3.05, 3.63) is 145 Å². The molecule has 0 bridgehead atoms. The average Bonchev–Trinajstić information content (AvgIpc) is 3.59. The van der Waals surface area contributed by atoms with Crippen molar-refractivity contribution >= 4 is 51.6 Å². The second kappa shape index (κ2) is 11.5. The number of fused-ring (bicyclic) bond motifs is 3. The zero-order valence-corrected chi connectivity index (χ0v) is 27.4. The highest BCUT2D eigenvalue weighted by Gasteiger charge is 2.51. The molecular formula is C42H35BFNO3. The number of anilines is 3. The van der Waals surface area contributed by atoms with Gasteiger partial charge in [-0.1, -0.05) is 103 Å². The van der Waals surface area contributed by atoms with Crippen LogP contribution >= 0.6 is 0 Å². The highest BCUT2D eigenvalue weighted by atomic mass is 19.1. The van der Waals surface area contributed by atoms with Crippen molar-refractivity contribution in [3.8, 4) is 22.3 Å². The molecule has 1 aromatic heterocycles. The zero-order chi connectivity index (χ0) is 33.0. The van der Waals surface area contributed by atoms with E-state index >= 15 is 4.39 Å². The predicted molar refractivity (Wildman–Crippen MR) is 195 cm³/mol. The Bertz CT molecular complexity index is 2250. The minimum absolute atomic E-state index is 0.349. The van der Waals surface area contributed by atoms with E-state index in [0.29, 0.717) is 11.3 Å². The summed E-state index contributed by atoms with van der Waals surface area (Å²) in [6.45, 7) is 8.18. The molecule has 1 aliphatic rings. The maximum atomic E-state index is 17.1. The third kappa shape index (κ3) is 5.09. The molecule has 1 saturated heterocycles. The summed E-state index contributed by atoms with van der Waals surface area (Å²) >= 11 is 0. The van der Waals surface area contributed by atoms with Gasteiger partial charge < -0.3 is 18.6 Å². The van der Waals surface area contributed by atoms with E-state index in [4.69, 9.17) is 13.7 Å². The van der Waals surface area contributed by atoms with Gasteiger partial charge in [-0.05, 0) is 86.2 Å². The van der Waals surface area contributed by atoms with Crippen LogP contribution in [0, 0.1) is 5.82 Å². The molecule has 6 aromatic carbocycles. The van der Waals surface area contributed by atoms with E-state index in [0.717, 1.165) is 55.4 Å². The third-order valence-electron chi connectivity index (χ3n) is 9.78. The SMILES string of the molecule is CC1(C)OB(c2ccc(N(c3c(F)cc(-c4ccccc4)cc3-c3ccccc3)c3cccc4c3oc3ccccc34)cc2)OC1(C)C. The summed E-state index contributed by atoms with van der Waals surface area (Å²) in [7, 11) is -0.516. The molecule has 0 radical (unpaired) electrons. The van der Waals surface area contributed by atoms with Gasteiger partial charge in [0.25, 0.3) is 0 Å². The van der Waals surface area contributed by atoms with E-state index < -0.39 is 18.3 Å². The van der Waals surface area contributed by atoms with Gasteiger partial charge in [0.1, 0.15) is 11.4 Å². The largest absolute Gasteiger partial charge is 0.494 e. The zero-order valence-electron chi connectivity index (χ0n) is 27.4. The number of halogens is 1. The first-order valence-electron chi connectivity index (χ1n) is 16.3. The fourth-order valence-electron chi connectivity index (χ4n) is 6.52. The molecule has 48 heavy (non-hydrogen) atoms. The van der Waals surface area contributed by atoms with Crippen LogP contribution in [0.4, 0.5) is 21.5 Å². The lowest BCUT2D eigenvalue weighted by Crippen LogP contribution is -2.41. The van der Waals surface area contributed by atoms with Crippen molar-refractivity contribution in [2.45, 2.75) is 38.9 Å². The van der Waals surface area contributed by atoms with E-state index in [-0.39, 0.29) is 5.82 Å². The van der Waals surface area contributed by atoms with Crippen LogP contribution in [-0.4, -0.2) is 18.3 Å². The Morgan fingerprint density at radius 2 is 1.19 bits per heavy atom. The first-order valence-corrected chi connectivity index (χ1v) is 16.3. The lowest BCUT2D eigenvalue weighted by Gasteiger charge is -2.32. The van der Waals surface area contributed by atoms with Crippen LogP contribution in [0.3, 0.4) is 0 Å². The summed E-state index contributed by atoms with van der Waals surface area (Å²) in [6.07, 6.45) is 0. The number of furan rings is 1. The molecule has 0 amide bonds. The summed E-state index contributed by atoms with van der Waals surface area (Å²) in [4.78, 5) is 1.98. The highest BCUT2D eigenvalue weighted by molar-refractivity contribution is 6.62. The van der Waals surface area contributed by atoms with Crippen molar-refractivity contribution in [1.29, 1.82) is 0 Å². The second-order valence-corrected chi connectivity index (χ2v) is 13.4. The standard InChI is InChI=1S/C42H35BFNO3/c1-41(2)42(3,4)48-43(47-41)31-22-24-32(25-23-31)45(37-20-13-19-34-33-18-11-12-21-38(33)46-40(34)37)39-35(29-16-9-6-10-17-29)26-30(27-36(39)44)28-14-7-5-8-15-28/h5-27H,1-4H3. The summed E-state index contributed by atoms with van der Waals surface area (Å²) < 4.78 is 36.3. The van der Waals surface area contributed by atoms with Gasteiger partial charge in [-0.2, -0.15) is 0 Å². The minimum Gasteiger partial charge on any atom is -0.454 e. The molecule has 1 fully saturated rings. The van der Waals surface area contributed by atoms with Crippen LogP contribution < -0.4 is 10.4 Å². The van der Waals surface area contributed by atoms with E-state index in [9.17, 15) is 0 Å². The summed E-state index contributed by atoms with van der Waals surface area (Å²) in [6, 6.07) is 45.7. The Labute approximate surface area is 280 Å². The van der Waals surface area contributed by atoms with E-state index in [2.05, 4.69) is 18.2 Å². The minimum atomic E-state index is -0.516. The second-order valence-electron chi connectivity index (χ2n) is 13.4. The first-order chi connectivity index (χ1) is 23.2. The maximum Gasteiger partial charge on any atom is 0.494 e. The van der Waals surface area contributed by atoms with Gasteiger partial charge in [-0.15, -0.1) is 0 Å². The van der Waals surface area contributed by atoms with Gasteiger partial charge in [0.05, 0.1) is 22.6 Å². The molecule has 4 nitrogen and oxygen atoms in total. The van der Waals surface area contributed by atoms with Crippen molar-refractivity contribution in [2.24, 2.45) is 0 Å². The smallest absolute Gasteiger partial charge is 0.454 e. The van der Waals surface area contributed by atoms with Gasteiger partial charge in [-0.3, -0.25) is 0 Å². The van der Waals surface area contributed by atoms with Crippen LogP contribution in [0.5, 0.6) is 0 Å². The topological polar surface area (TPSA) is 34.8 Å². The number of benzene rings is 6. The monoisotopic (exact) mass is 631 g/mol. The Morgan fingerprint density at radius 1 is 0.583 bits per heavy atom. The quantitative estimate of drug-likeness (QED) is 0.171. The fraction of sp³-hybridized carbons (Fsp3) is 0.143. The van der Waals surface area contributed by atoms with Gasteiger partial charge in [-0.25, -0.2) is 4.39 Å². The number of para-hydroxylation sites is 2. The van der Waals surface area contributed by atoms with E-state index in [1.165, 1.54) is 0 Å². The van der Waals surface area contributed by atoms with E-state index in [1.807, 2.05) is 148 Å². The molecule has 0 aliphatic carbocycles. The normalized spacial score (nSPS) is 15.3. The molecule has 6 heteroatoms. The molecule has 7 aromatic rings. The molecule has 0 N–H and O–H groups in total. The molecule has 1 aliphatic heterocycles. The number of rotatable bonds is 6. The predicted octanol–water partition coefficient (Wildman–Crippen LogP) is 10.8. The Kier molecular flexibility index (Phi) is 7.24.